The number of aromatic nitrogens is 2. The van der Waals surface area contributed by atoms with E-state index in [4.69, 9.17) is 9.63 Å². The highest BCUT2D eigenvalue weighted by molar-refractivity contribution is 7.99. The Morgan fingerprint density at radius 1 is 1.35 bits per heavy atom. The SMILES string of the molecule is CCSc1ccc(-c2noc(CCCC(=O)O)n2)cc1. The van der Waals surface area contributed by atoms with Crippen LogP contribution in [-0.2, 0) is 11.2 Å². The van der Waals surface area contributed by atoms with Crippen LogP contribution in [0, 0.1) is 0 Å². The van der Waals surface area contributed by atoms with Gasteiger partial charge in [-0.3, -0.25) is 4.79 Å². The molecule has 1 heterocycles. The third-order valence-corrected chi connectivity index (χ3v) is 3.57. The Hall–Kier alpha value is -1.82. The van der Waals surface area contributed by atoms with Gasteiger partial charge in [-0.15, -0.1) is 11.8 Å². The van der Waals surface area contributed by atoms with Crippen LogP contribution in [0.1, 0.15) is 25.7 Å². The number of rotatable bonds is 7. The number of carboxylic acids is 1. The molecular formula is C14H16N2O3S. The number of hydrogen-bond donors (Lipinski definition) is 1. The topological polar surface area (TPSA) is 76.2 Å². The molecule has 1 N–H and O–H groups in total. The first kappa shape index (κ1) is 14.6. The Kier molecular flexibility index (Phi) is 5.17. The Morgan fingerprint density at radius 3 is 2.75 bits per heavy atom. The number of carbonyl (C=O) groups is 1. The van der Waals surface area contributed by atoms with Gasteiger partial charge in [0.2, 0.25) is 11.7 Å². The Morgan fingerprint density at radius 2 is 2.10 bits per heavy atom. The van der Waals surface area contributed by atoms with Gasteiger partial charge in [-0.25, -0.2) is 0 Å². The van der Waals surface area contributed by atoms with E-state index < -0.39 is 5.97 Å². The molecular weight excluding hydrogens is 276 g/mol. The lowest BCUT2D eigenvalue weighted by Gasteiger charge is -1.98. The fourth-order valence-electron chi connectivity index (χ4n) is 1.73. The first-order valence-electron chi connectivity index (χ1n) is 6.46. The molecule has 0 bridgehead atoms. The lowest BCUT2D eigenvalue weighted by Crippen LogP contribution is -1.95. The molecule has 0 atom stereocenters. The lowest BCUT2D eigenvalue weighted by atomic mass is 10.2. The van der Waals surface area contributed by atoms with Gasteiger partial charge < -0.3 is 9.63 Å². The second-order valence-corrected chi connectivity index (χ2v) is 5.55. The normalized spacial score (nSPS) is 10.7. The van der Waals surface area contributed by atoms with Crippen LogP contribution in [0.4, 0.5) is 0 Å². The molecule has 6 heteroatoms. The van der Waals surface area contributed by atoms with Gasteiger partial charge in [-0.05, 0) is 36.4 Å². The van der Waals surface area contributed by atoms with Gasteiger partial charge >= 0.3 is 5.97 Å². The average molecular weight is 292 g/mol. The zero-order valence-corrected chi connectivity index (χ0v) is 12.0. The fraction of sp³-hybridized carbons (Fsp3) is 0.357. The van der Waals surface area contributed by atoms with Crippen molar-refractivity contribution in [1.29, 1.82) is 0 Å². The predicted molar refractivity (Wildman–Crippen MR) is 76.7 cm³/mol. The number of benzene rings is 1. The van der Waals surface area contributed by atoms with Crippen LogP contribution in [0.3, 0.4) is 0 Å². The third-order valence-electron chi connectivity index (χ3n) is 2.67. The Labute approximate surface area is 121 Å². The maximum absolute atomic E-state index is 10.4. The van der Waals surface area contributed by atoms with Crippen molar-refractivity contribution in [2.45, 2.75) is 31.1 Å². The molecule has 0 saturated carbocycles. The number of hydrogen-bond acceptors (Lipinski definition) is 5. The molecule has 0 spiro atoms. The number of thioether (sulfide) groups is 1. The summed E-state index contributed by atoms with van der Waals surface area (Å²) < 4.78 is 5.12. The highest BCUT2D eigenvalue weighted by atomic mass is 32.2. The summed E-state index contributed by atoms with van der Waals surface area (Å²) in [5, 5.41) is 12.5. The molecule has 0 radical (unpaired) electrons. The second kappa shape index (κ2) is 7.09. The predicted octanol–water partition coefficient (Wildman–Crippen LogP) is 3.26. The highest BCUT2D eigenvalue weighted by Crippen LogP contribution is 2.22. The Balaban J connectivity index is 1.98. The van der Waals surface area contributed by atoms with E-state index in [1.54, 1.807) is 11.8 Å². The monoisotopic (exact) mass is 292 g/mol. The minimum atomic E-state index is -0.811. The maximum atomic E-state index is 10.4. The van der Waals surface area contributed by atoms with E-state index in [0.29, 0.717) is 24.6 Å². The molecule has 1 aromatic carbocycles. The van der Waals surface area contributed by atoms with Crippen molar-refractivity contribution in [1.82, 2.24) is 10.1 Å². The van der Waals surface area contributed by atoms with E-state index in [2.05, 4.69) is 17.1 Å². The van der Waals surface area contributed by atoms with Crippen molar-refractivity contribution < 1.29 is 14.4 Å². The summed E-state index contributed by atoms with van der Waals surface area (Å²) in [6.07, 6.45) is 1.10. The summed E-state index contributed by atoms with van der Waals surface area (Å²) in [6.45, 7) is 2.11. The van der Waals surface area contributed by atoms with Gasteiger partial charge in [0.15, 0.2) is 0 Å². The summed E-state index contributed by atoms with van der Waals surface area (Å²) in [7, 11) is 0. The second-order valence-electron chi connectivity index (χ2n) is 4.22. The highest BCUT2D eigenvalue weighted by Gasteiger charge is 2.09. The average Bonchev–Trinajstić information content (AvgIpc) is 2.88. The fourth-order valence-corrected chi connectivity index (χ4v) is 2.39. The molecule has 106 valence electrons. The van der Waals surface area contributed by atoms with Gasteiger partial charge in [0.05, 0.1) is 0 Å². The van der Waals surface area contributed by atoms with E-state index >= 15 is 0 Å². The molecule has 2 rings (SSSR count). The Bertz CT molecular complexity index is 566. The van der Waals surface area contributed by atoms with E-state index in [9.17, 15) is 4.79 Å². The molecule has 0 amide bonds. The van der Waals surface area contributed by atoms with Gasteiger partial charge in [0.1, 0.15) is 0 Å². The van der Waals surface area contributed by atoms with E-state index in [1.165, 1.54) is 4.90 Å². The molecule has 2 aromatic rings. The van der Waals surface area contributed by atoms with Crippen LogP contribution >= 0.6 is 11.8 Å². The van der Waals surface area contributed by atoms with Crippen molar-refractivity contribution >= 4 is 17.7 Å². The van der Waals surface area contributed by atoms with Gasteiger partial charge in [-0.1, -0.05) is 12.1 Å². The molecule has 1 aromatic heterocycles. The van der Waals surface area contributed by atoms with Crippen LogP contribution in [0.25, 0.3) is 11.4 Å². The summed E-state index contributed by atoms with van der Waals surface area (Å²) in [5.74, 6) is 1.25. The van der Waals surface area contributed by atoms with E-state index in [-0.39, 0.29) is 6.42 Å². The molecule has 0 saturated heterocycles. The zero-order chi connectivity index (χ0) is 14.4. The summed E-state index contributed by atoms with van der Waals surface area (Å²) in [5.41, 5.74) is 0.902. The molecule has 0 aliphatic rings. The summed E-state index contributed by atoms with van der Waals surface area (Å²) >= 11 is 1.78. The van der Waals surface area contributed by atoms with Crippen LogP contribution in [0.5, 0.6) is 0 Å². The van der Waals surface area contributed by atoms with Gasteiger partial charge in [-0.2, -0.15) is 4.98 Å². The quantitative estimate of drug-likeness (QED) is 0.789. The number of nitrogens with zero attached hydrogens (tertiary/aromatic N) is 2. The zero-order valence-electron chi connectivity index (χ0n) is 11.2. The smallest absolute Gasteiger partial charge is 0.303 e. The largest absolute Gasteiger partial charge is 0.481 e. The minimum absolute atomic E-state index is 0.112. The molecule has 0 unspecified atom stereocenters. The van der Waals surface area contributed by atoms with Crippen molar-refractivity contribution in [3.8, 4) is 11.4 Å². The molecule has 0 fully saturated rings. The van der Waals surface area contributed by atoms with Crippen molar-refractivity contribution in [2.75, 3.05) is 5.75 Å². The van der Waals surface area contributed by atoms with Crippen LogP contribution in [0.15, 0.2) is 33.7 Å². The van der Waals surface area contributed by atoms with Gasteiger partial charge in [0.25, 0.3) is 0 Å². The third kappa shape index (κ3) is 4.09. The van der Waals surface area contributed by atoms with Crippen molar-refractivity contribution in [3.63, 3.8) is 0 Å². The maximum Gasteiger partial charge on any atom is 0.303 e. The lowest BCUT2D eigenvalue weighted by molar-refractivity contribution is -0.137. The first-order chi connectivity index (χ1) is 9.69. The molecule has 0 aliphatic carbocycles. The van der Waals surface area contributed by atoms with Crippen LogP contribution < -0.4 is 0 Å². The number of carboxylic acid groups (broad SMARTS) is 1. The van der Waals surface area contributed by atoms with Crippen molar-refractivity contribution in [2.24, 2.45) is 0 Å². The van der Waals surface area contributed by atoms with Crippen LogP contribution in [0.2, 0.25) is 0 Å². The van der Waals surface area contributed by atoms with E-state index in [1.807, 2.05) is 24.3 Å². The number of aliphatic carboxylic acids is 1. The molecule has 5 nitrogen and oxygen atoms in total. The first-order valence-corrected chi connectivity index (χ1v) is 7.45. The summed E-state index contributed by atoms with van der Waals surface area (Å²) in [6, 6.07) is 7.99. The van der Waals surface area contributed by atoms with Crippen molar-refractivity contribution in [3.05, 3.63) is 30.2 Å². The summed E-state index contributed by atoms with van der Waals surface area (Å²) in [4.78, 5) is 15.9. The molecule has 20 heavy (non-hydrogen) atoms. The number of aryl methyl sites for hydroxylation is 1. The van der Waals surface area contributed by atoms with Gasteiger partial charge in [0, 0.05) is 23.3 Å². The standard InChI is InChI=1S/C14H16N2O3S/c1-2-20-11-8-6-10(7-9-11)14-15-12(19-16-14)4-3-5-13(17)18/h6-9H,2-5H2,1H3,(H,17,18). The van der Waals surface area contributed by atoms with E-state index in [0.717, 1.165) is 11.3 Å². The minimum Gasteiger partial charge on any atom is -0.481 e. The van der Waals surface area contributed by atoms with Crippen LogP contribution in [-0.4, -0.2) is 27.0 Å². The molecule has 0 aliphatic heterocycles.